The standard InChI is InChI=1S/C14H18FNO3.C7H9ClN2O/c1-9-5-6-16(8-13(9)19-2)12-7-10(14(17)18)3-4-11(12)15;1-3-5-6(8)10-7(9-5)4(2)11/h3-4,7,9,13H,5-6,8H2,1-2H3,(H,17,18);3H2,1-2H3,(H,9,10)/t9-,13+;/m1./s1. The number of anilines is 1. The topological polar surface area (TPSA) is 95.5 Å². The number of aryl methyl sites for hydroxylation is 1. The van der Waals surface area contributed by atoms with Gasteiger partial charge in [0.05, 0.1) is 23.0 Å². The van der Waals surface area contributed by atoms with Crippen molar-refractivity contribution in [2.45, 2.75) is 39.7 Å². The summed E-state index contributed by atoms with van der Waals surface area (Å²) in [4.78, 5) is 30.3. The number of hydrogen-bond donors (Lipinski definition) is 2. The predicted octanol–water partition coefficient (Wildman–Crippen LogP) is 4.21. The Balaban J connectivity index is 0.000000248. The zero-order valence-corrected chi connectivity index (χ0v) is 18.3. The number of aromatic amines is 1. The van der Waals surface area contributed by atoms with E-state index in [2.05, 4.69) is 16.9 Å². The summed E-state index contributed by atoms with van der Waals surface area (Å²) in [6, 6.07) is 3.88. The number of hydrogen-bond acceptors (Lipinski definition) is 5. The number of carboxylic acids is 1. The second kappa shape index (κ2) is 10.5. The second-order valence-corrected chi connectivity index (χ2v) is 7.58. The maximum Gasteiger partial charge on any atom is 0.335 e. The van der Waals surface area contributed by atoms with Gasteiger partial charge in [0.15, 0.2) is 16.8 Å². The molecule has 30 heavy (non-hydrogen) atoms. The molecule has 0 spiro atoms. The Bertz CT molecular complexity index is 902. The van der Waals surface area contributed by atoms with Gasteiger partial charge in [0.25, 0.3) is 0 Å². The Hall–Kier alpha value is -2.45. The van der Waals surface area contributed by atoms with Gasteiger partial charge >= 0.3 is 5.97 Å². The van der Waals surface area contributed by atoms with Gasteiger partial charge in [-0.25, -0.2) is 14.2 Å². The molecule has 0 saturated carbocycles. The van der Waals surface area contributed by atoms with Crippen LogP contribution >= 0.6 is 11.6 Å². The van der Waals surface area contributed by atoms with Crippen LogP contribution in [0.15, 0.2) is 18.2 Å². The van der Waals surface area contributed by atoms with Crippen molar-refractivity contribution in [3.63, 3.8) is 0 Å². The van der Waals surface area contributed by atoms with E-state index >= 15 is 0 Å². The number of aromatic carboxylic acids is 1. The average molecular weight is 440 g/mol. The first kappa shape index (κ1) is 23.8. The smallest absolute Gasteiger partial charge is 0.335 e. The van der Waals surface area contributed by atoms with Crippen LogP contribution in [0, 0.1) is 11.7 Å². The van der Waals surface area contributed by atoms with E-state index in [-0.39, 0.29) is 17.5 Å². The fourth-order valence-electron chi connectivity index (χ4n) is 3.24. The summed E-state index contributed by atoms with van der Waals surface area (Å²) in [6.45, 7) is 6.80. The van der Waals surface area contributed by atoms with E-state index in [1.165, 1.54) is 25.1 Å². The Labute approximate surface area is 180 Å². The van der Waals surface area contributed by atoms with Crippen molar-refractivity contribution >= 4 is 29.0 Å². The lowest BCUT2D eigenvalue weighted by atomic mass is 9.95. The van der Waals surface area contributed by atoms with E-state index in [4.69, 9.17) is 21.4 Å². The van der Waals surface area contributed by atoms with E-state index in [1.54, 1.807) is 7.11 Å². The highest BCUT2D eigenvalue weighted by atomic mass is 35.5. The minimum Gasteiger partial charge on any atom is -0.478 e. The lowest BCUT2D eigenvalue weighted by molar-refractivity contribution is 0.0497. The number of H-pyrrole nitrogens is 1. The van der Waals surface area contributed by atoms with Crippen molar-refractivity contribution in [1.82, 2.24) is 9.97 Å². The van der Waals surface area contributed by atoms with E-state index < -0.39 is 11.8 Å². The Morgan fingerprint density at radius 1 is 1.43 bits per heavy atom. The van der Waals surface area contributed by atoms with Crippen LogP contribution in [0.4, 0.5) is 10.1 Å². The minimum atomic E-state index is -1.05. The third-order valence-corrected chi connectivity index (χ3v) is 5.45. The van der Waals surface area contributed by atoms with Crippen molar-refractivity contribution in [3.05, 3.63) is 46.3 Å². The fraction of sp³-hybridized carbons (Fsp3) is 0.476. The molecule has 2 atom stereocenters. The number of rotatable bonds is 5. The van der Waals surface area contributed by atoms with Crippen LogP contribution in [-0.4, -0.2) is 53.1 Å². The molecule has 1 saturated heterocycles. The lowest BCUT2D eigenvalue weighted by Gasteiger charge is -2.37. The molecule has 1 aromatic heterocycles. The number of nitrogens with one attached hydrogen (secondary N) is 1. The van der Waals surface area contributed by atoms with E-state index in [9.17, 15) is 14.0 Å². The van der Waals surface area contributed by atoms with Crippen molar-refractivity contribution in [3.8, 4) is 0 Å². The van der Waals surface area contributed by atoms with Crippen molar-refractivity contribution in [2.24, 2.45) is 5.92 Å². The highest BCUT2D eigenvalue weighted by Gasteiger charge is 2.27. The number of methoxy groups -OCH3 is 1. The molecule has 164 valence electrons. The van der Waals surface area contributed by atoms with Gasteiger partial charge in [-0.2, -0.15) is 0 Å². The average Bonchev–Trinajstić information content (AvgIpc) is 3.10. The molecule has 1 fully saturated rings. The monoisotopic (exact) mass is 439 g/mol. The van der Waals surface area contributed by atoms with Crippen LogP contribution in [0.1, 0.15) is 53.9 Å². The third kappa shape index (κ3) is 5.79. The van der Waals surface area contributed by atoms with Gasteiger partial charge < -0.3 is 19.7 Å². The molecule has 0 radical (unpaired) electrons. The van der Waals surface area contributed by atoms with Gasteiger partial charge in [0, 0.05) is 27.1 Å². The molecular weight excluding hydrogens is 413 g/mol. The first-order valence-corrected chi connectivity index (χ1v) is 10.1. The Morgan fingerprint density at radius 2 is 2.13 bits per heavy atom. The first-order valence-electron chi connectivity index (χ1n) is 9.73. The van der Waals surface area contributed by atoms with Crippen LogP contribution < -0.4 is 4.90 Å². The summed E-state index contributed by atoms with van der Waals surface area (Å²) in [7, 11) is 1.65. The number of benzene rings is 1. The van der Waals surface area contributed by atoms with E-state index in [0.717, 1.165) is 18.5 Å². The number of carbonyl (C=O) groups is 2. The molecule has 2 N–H and O–H groups in total. The number of carbonyl (C=O) groups excluding carboxylic acids is 1. The molecule has 1 aliphatic heterocycles. The van der Waals surface area contributed by atoms with Gasteiger partial charge in [-0.3, -0.25) is 4.79 Å². The molecule has 2 aromatic rings. The highest BCUT2D eigenvalue weighted by molar-refractivity contribution is 6.30. The first-order chi connectivity index (χ1) is 14.2. The summed E-state index contributed by atoms with van der Waals surface area (Å²) in [5, 5.41) is 9.37. The van der Waals surface area contributed by atoms with E-state index in [1.807, 2.05) is 11.8 Å². The van der Waals surface area contributed by atoms with Crippen LogP contribution in [-0.2, 0) is 11.2 Å². The molecule has 0 amide bonds. The van der Waals surface area contributed by atoms with Crippen molar-refractivity contribution < 1.29 is 23.8 Å². The number of nitrogens with zero attached hydrogens (tertiary/aromatic N) is 2. The lowest BCUT2D eigenvalue weighted by Crippen LogP contribution is -2.44. The summed E-state index contributed by atoms with van der Waals surface area (Å²) in [6.07, 6.45) is 1.70. The number of Topliss-reactive ketones (excluding diaryl/α,β-unsaturated/α-hetero) is 1. The normalized spacial score (nSPS) is 18.5. The molecule has 7 nitrogen and oxygen atoms in total. The molecule has 0 bridgehead atoms. The van der Waals surface area contributed by atoms with E-state index in [0.29, 0.717) is 35.7 Å². The van der Waals surface area contributed by atoms with Crippen LogP contribution in [0.3, 0.4) is 0 Å². The Kier molecular flexibility index (Phi) is 8.37. The summed E-state index contributed by atoms with van der Waals surface area (Å²) < 4.78 is 19.3. The van der Waals surface area contributed by atoms with Crippen LogP contribution in [0.5, 0.6) is 0 Å². The molecule has 0 unspecified atom stereocenters. The quantitative estimate of drug-likeness (QED) is 0.677. The van der Waals surface area contributed by atoms with Gasteiger partial charge in [-0.15, -0.1) is 0 Å². The molecule has 0 aliphatic carbocycles. The maximum atomic E-state index is 13.9. The second-order valence-electron chi connectivity index (χ2n) is 7.22. The molecule has 3 rings (SSSR count). The SMILES string of the molecule is CCc1[nH]c(C(C)=O)nc1Cl.CO[C@H]1CN(c2cc(C(=O)O)ccc2F)CC[C@H]1C. The number of carboxylic acid groups (broad SMARTS) is 1. The third-order valence-electron chi connectivity index (χ3n) is 5.14. The number of piperidine rings is 1. The predicted molar refractivity (Wildman–Crippen MR) is 113 cm³/mol. The largest absolute Gasteiger partial charge is 0.478 e. The fourth-order valence-corrected chi connectivity index (χ4v) is 3.50. The van der Waals surface area contributed by atoms with Gasteiger partial charge in [-0.1, -0.05) is 25.4 Å². The number of ketones is 1. The zero-order valence-electron chi connectivity index (χ0n) is 17.5. The Morgan fingerprint density at radius 3 is 2.63 bits per heavy atom. The maximum absolute atomic E-state index is 13.9. The van der Waals surface area contributed by atoms with Crippen molar-refractivity contribution in [1.29, 1.82) is 0 Å². The highest BCUT2D eigenvalue weighted by Crippen LogP contribution is 2.27. The van der Waals surface area contributed by atoms with Crippen LogP contribution in [0.25, 0.3) is 0 Å². The minimum absolute atomic E-state index is 0.0432. The number of halogens is 2. The number of imidazole rings is 1. The summed E-state index contributed by atoms with van der Waals surface area (Å²) in [5.41, 5.74) is 1.26. The molecule has 1 aliphatic rings. The summed E-state index contributed by atoms with van der Waals surface area (Å²) >= 11 is 5.69. The zero-order chi connectivity index (χ0) is 22.4. The molecule has 2 heterocycles. The molecular formula is C21H27ClFN3O4. The van der Waals surface area contributed by atoms with Crippen LogP contribution in [0.2, 0.25) is 5.15 Å². The molecule has 1 aromatic carbocycles. The van der Waals surface area contributed by atoms with Gasteiger partial charge in [0.1, 0.15) is 5.82 Å². The van der Waals surface area contributed by atoms with Crippen molar-refractivity contribution in [2.75, 3.05) is 25.1 Å². The van der Waals surface area contributed by atoms with Gasteiger partial charge in [0.2, 0.25) is 0 Å². The summed E-state index contributed by atoms with van der Waals surface area (Å²) in [5.74, 6) is -0.769. The number of ether oxygens (including phenoxy) is 1. The van der Waals surface area contributed by atoms with Gasteiger partial charge in [-0.05, 0) is 37.0 Å². The molecule has 9 heteroatoms. The number of aromatic nitrogens is 2.